The van der Waals surface area contributed by atoms with Gasteiger partial charge in [-0.05, 0) is 37.9 Å². The number of ether oxygens (including phenoxy) is 1. The van der Waals surface area contributed by atoms with Crippen LogP contribution in [0, 0.1) is 0 Å². The minimum Gasteiger partial charge on any atom is -0.481 e. The Bertz CT molecular complexity index is 1710. The van der Waals surface area contributed by atoms with Crippen molar-refractivity contribution in [3.05, 3.63) is 71.6 Å². The molecule has 5 aromatic heterocycles. The lowest BCUT2D eigenvalue weighted by atomic mass is 10.0. The van der Waals surface area contributed by atoms with Gasteiger partial charge in [-0.25, -0.2) is 4.98 Å². The second-order valence-electron chi connectivity index (χ2n) is 8.98. The van der Waals surface area contributed by atoms with Crippen LogP contribution < -0.4 is 15.6 Å². The number of aryl methyl sites for hydroxylation is 1. The normalized spacial score (nSPS) is 11.7. The average molecular weight is 498 g/mol. The Morgan fingerprint density at radius 3 is 2.78 bits per heavy atom. The van der Waals surface area contributed by atoms with E-state index in [1.54, 1.807) is 42.2 Å². The Hall–Kier alpha value is -4.70. The molecule has 3 N–H and O–H groups in total. The van der Waals surface area contributed by atoms with Crippen molar-refractivity contribution >= 4 is 33.7 Å². The van der Waals surface area contributed by atoms with E-state index >= 15 is 0 Å². The summed E-state index contributed by atoms with van der Waals surface area (Å²) in [6.45, 7) is 0.652. The number of aromatic amines is 2. The molecule has 0 spiro atoms. The van der Waals surface area contributed by atoms with Crippen LogP contribution in [0.25, 0.3) is 44.2 Å². The molecule has 0 saturated carbocycles. The van der Waals surface area contributed by atoms with Crippen molar-refractivity contribution in [1.29, 1.82) is 0 Å². The van der Waals surface area contributed by atoms with Crippen molar-refractivity contribution in [2.45, 2.75) is 0 Å². The molecule has 0 fully saturated rings. The molecule has 5 aromatic rings. The van der Waals surface area contributed by atoms with E-state index < -0.39 is 0 Å². The first-order valence-corrected chi connectivity index (χ1v) is 11.7. The van der Waals surface area contributed by atoms with E-state index in [0.29, 0.717) is 23.8 Å². The van der Waals surface area contributed by atoms with Gasteiger partial charge in [-0.15, -0.1) is 0 Å². The van der Waals surface area contributed by atoms with Gasteiger partial charge in [0.2, 0.25) is 11.8 Å². The molecule has 0 radical (unpaired) electrons. The van der Waals surface area contributed by atoms with Gasteiger partial charge in [0.1, 0.15) is 17.0 Å². The van der Waals surface area contributed by atoms with Crippen LogP contribution in [0.2, 0.25) is 0 Å². The van der Waals surface area contributed by atoms with Crippen LogP contribution in [0.1, 0.15) is 0 Å². The average Bonchev–Trinajstić information content (AvgIpc) is 3.53. The van der Waals surface area contributed by atoms with Crippen LogP contribution in [0.15, 0.2) is 66.0 Å². The largest absolute Gasteiger partial charge is 0.481 e. The lowest BCUT2D eigenvalue weighted by Crippen LogP contribution is -2.16. The van der Waals surface area contributed by atoms with E-state index in [2.05, 4.69) is 25.3 Å². The van der Waals surface area contributed by atoms with Crippen molar-refractivity contribution in [3.63, 3.8) is 0 Å². The molecule has 10 heteroatoms. The summed E-state index contributed by atoms with van der Waals surface area (Å²) in [5, 5.41) is 4.54. The zero-order valence-corrected chi connectivity index (χ0v) is 21.0. The number of H-pyrrole nitrogens is 2. The summed E-state index contributed by atoms with van der Waals surface area (Å²) in [5.41, 5.74) is 4.63. The van der Waals surface area contributed by atoms with Gasteiger partial charge in [0.15, 0.2) is 0 Å². The lowest BCUT2D eigenvalue weighted by molar-refractivity contribution is -0.111. The second kappa shape index (κ2) is 9.75. The highest BCUT2D eigenvalue weighted by Crippen LogP contribution is 2.35. The molecular formula is C27H27N7O3. The number of nitrogens with one attached hydrogen (secondary N) is 3. The molecule has 5 heterocycles. The maximum Gasteiger partial charge on any atom is 0.274 e. The van der Waals surface area contributed by atoms with Crippen LogP contribution in [0.5, 0.6) is 5.88 Å². The molecule has 188 valence electrons. The zero-order valence-electron chi connectivity index (χ0n) is 21.0. The van der Waals surface area contributed by atoms with E-state index in [-0.39, 0.29) is 11.5 Å². The number of likely N-dealkylation sites (N-methyl/N-ethyl adjacent to an activating group) is 1. The number of pyridine rings is 3. The molecule has 10 nitrogen and oxygen atoms in total. The third-order valence-corrected chi connectivity index (χ3v) is 6.05. The number of aromatic nitrogens is 5. The van der Waals surface area contributed by atoms with Crippen LogP contribution in [-0.4, -0.2) is 63.1 Å². The summed E-state index contributed by atoms with van der Waals surface area (Å²) in [6.07, 6.45) is 10.5. The number of hydrogen-bond donors (Lipinski definition) is 3. The third-order valence-electron chi connectivity index (χ3n) is 6.05. The summed E-state index contributed by atoms with van der Waals surface area (Å²) >= 11 is 0. The number of carbonyl (C=O) groups excluding carboxylic acids is 1. The van der Waals surface area contributed by atoms with Crippen molar-refractivity contribution < 1.29 is 9.53 Å². The molecule has 0 aromatic carbocycles. The topological polar surface area (TPSA) is 121 Å². The standard InChI is InChI=1S/C27H27N7O3/c1-33(2)9-5-6-23(35)31-22-11-16(12-24(32-22)37-4)17-10-19-20(14-30-26(19)29-13-17)21-15-34(3)27(36)25-18(21)7-8-28-25/h5-8,10-15,28H,9H2,1-4H3,(H,29,30)(H,31,32,35). The number of fused-ring (bicyclic) bond motifs is 2. The maximum absolute atomic E-state index is 12.5. The van der Waals surface area contributed by atoms with Gasteiger partial charge in [0.05, 0.1) is 7.11 Å². The highest BCUT2D eigenvalue weighted by atomic mass is 16.5. The fourth-order valence-corrected chi connectivity index (χ4v) is 4.25. The monoisotopic (exact) mass is 497 g/mol. The van der Waals surface area contributed by atoms with Crippen LogP contribution >= 0.6 is 0 Å². The molecule has 0 atom stereocenters. The van der Waals surface area contributed by atoms with Gasteiger partial charge >= 0.3 is 0 Å². The molecule has 0 aliphatic carbocycles. The first-order valence-electron chi connectivity index (χ1n) is 11.7. The first kappa shape index (κ1) is 24.0. The number of nitrogens with zero attached hydrogens (tertiary/aromatic N) is 4. The second-order valence-corrected chi connectivity index (χ2v) is 8.98. The van der Waals surface area contributed by atoms with Gasteiger partial charge in [0, 0.05) is 78.0 Å². The van der Waals surface area contributed by atoms with Crippen molar-refractivity contribution in [1.82, 2.24) is 29.4 Å². The minimum atomic E-state index is -0.278. The van der Waals surface area contributed by atoms with E-state index in [0.717, 1.165) is 38.7 Å². The smallest absolute Gasteiger partial charge is 0.274 e. The number of methoxy groups -OCH3 is 1. The Labute approximate surface area is 212 Å². The summed E-state index contributed by atoms with van der Waals surface area (Å²) in [7, 11) is 7.12. The Morgan fingerprint density at radius 1 is 1.16 bits per heavy atom. The Balaban J connectivity index is 1.55. The molecule has 0 saturated heterocycles. The Morgan fingerprint density at radius 2 is 2.00 bits per heavy atom. The number of anilines is 1. The third kappa shape index (κ3) is 4.74. The SMILES string of the molecule is COc1cc(-c2cnc3[nH]cc(-c4cn(C)c(=O)c5[nH]ccc45)c3c2)cc(NC(=O)C=CCN(C)C)n1. The molecular weight excluding hydrogens is 470 g/mol. The summed E-state index contributed by atoms with van der Waals surface area (Å²) in [6, 6.07) is 7.50. The first-order chi connectivity index (χ1) is 17.8. The molecule has 5 rings (SSSR count). The van der Waals surface area contributed by atoms with Crippen LogP contribution in [0.3, 0.4) is 0 Å². The number of carbonyl (C=O) groups is 1. The lowest BCUT2D eigenvalue weighted by Gasteiger charge is -2.10. The Kier molecular flexibility index (Phi) is 6.33. The zero-order chi connectivity index (χ0) is 26.1. The molecule has 0 aliphatic rings. The fourth-order valence-electron chi connectivity index (χ4n) is 4.25. The predicted molar refractivity (Wildman–Crippen MR) is 145 cm³/mol. The van der Waals surface area contributed by atoms with Crippen LogP contribution in [-0.2, 0) is 11.8 Å². The fraction of sp³-hybridized carbons (Fsp3) is 0.185. The van der Waals surface area contributed by atoms with E-state index in [4.69, 9.17) is 4.74 Å². The predicted octanol–water partition coefficient (Wildman–Crippen LogP) is 3.54. The number of hydrogen-bond acceptors (Lipinski definition) is 6. The molecule has 0 aliphatic heterocycles. The highest BCUT2D eigenvalue weighted by Gasteiger charge is 2.16. The van der Waals surface area contributed by atoms with E-state index in [1.807, 2.05) is 43.5 Å². The maximum atomic E-state index is 12.5. The number of amides is 1. The van der Waals surface area contributed by atoms with E-state index in [9.17, 15) is 9.59 Å². The highest BCUT2D eigenvalue weighted by molar-refractivity contribution is 6.04. The van der Waals surface area contributed by atoms with Crippen molar-refractivity contribution in [3.8, 4) is 28.1 Å². The summed E-state index contributed by atoms with van der Waals surface area (Å²) in [4.78, 5) is 42.1. The van der Waals surface area contributed by atoms with Gasteiger partial charge < -0.3 is 29.5 Å². The van der Waals surface area contributed by atoms with Crippen molar-refractivity contribution in [2.75, 3.05) is 33.1 Å². The van der Waals surface area contributed by atoms with Gasteiger partial charge in [0.25, 0.3) is 5.56 Å². The van der Waals surface area contributed by atoms with Crippen molar-refractivity contribution in [2.24, 2.45) is 7.05 Å². The minimum absolute atomic E-state index is 0.0857. The van der Waals surface area contributed by atoms with E-state index in [1.165, 1.54) is 13.2 Å². The van der Waals surface area contributed by atoms with Crippen LogP contribution in [0.4, 0.5) is 5.82 Å². The quantitative estimate of drug-likeness (QED) is 0.296. The van der Waals surface area contributed by atoms with Gasteiger partial charge in [-0.1, -0.05) is 6.08 Å². The number of rotatable bonds is 7. The van der Waals surface area contributed by atoms with Gasteiger partial charge in [-0.3, -0.25) is 9.59 Å². The molecule has 37 heavy (non-hydrogen) atoms. The summed E-state index contributed by atoms with van der Waals surface area (Å²) in [5.74, 6) is 0.460. The molecule has 1 amide bonds. The van der Waals surface area contributed by atoms with Gasteiger partial charge in [-0.2, -0.15) is 4.98 Å². The molecule has 0 unspecified atom stereocenters. The molecule has 0 bridgehead atoms. The summed E-state index contributed by atoms with van der Waals surface area (Å²) < 4.78 is 6.96.